The summed E-state index contributed by atoms with van der Waals surface area (Å²) in [6, 6.07) is 84.2. The van der Waals surface area contributed by atoms with Crippen molar-refractivity contribution < 1.29 is 0 Å². The highest BCUT2D eigenvalue weighted by Gasteiger charge is 2.19. The normalized spacial score (nSPS) is 11.6. The van der Waals surface area contributed by atoms with Crippen LogP contribution in [0.25, 0.3) is 91.8 Å². The summed E-state index contributed by atoms with van der Waals surface area (Å²) in [5, 5.41) is 7.62. The third-order valence-corrected chi connectivity index (χ3v) is 13.3. The molecule has 0 N–H and O–H groups in total. The largest absolute Gasteiger partial charge is 0.310 e. The molecule has 0 saturated carbocycles. The lowest BCUT2D eigenvalue weighted by molar-refractivity contribution is 1.18. The van der Waals surface area contributed by atoms with Crippen LogP contribution in [0.3, 0.4) is 0 Å². The first-order valence-electron chi connectivity index (χ1n) is 20.8. The molecule has 0 fully saturated rings. The lowest BCUT2D eigenvalue weighted by Gasteiger charge is -2.28. The maximum atomic E-state index is 2.41. The van der Waals surface area contributed by atoms with E-state index >= 15 is 0 Å². The second-order valence-corrected chi connectivity index (χ2v) is 16.8. The van der Waals surface area contributed by atoms with Gasteiger partial charge in [-0.3, -0.25) is 0 Å². The Hall–Kier alpha value is -7.72. The minimum absolute atomic E-state index is 1.10. The lowest BCUT2D eigenvalue weighted by Crippen LogP contribution is -2.11. The predicted molar refractivity (Wildman–Crippen MR) is 262 cm³/mol. The van der Waals surface area contributed by atoms with Gasteiger partial charge in [0.2, 0.25) is 0 Å². The van der Waals surface area contributed by atoms with E-state index in [0.29, 0.717) is 0 Å². The van der Waals surface area contributed by atoms with Crippen molar-refractivity contribution in [3.8, 4) is 39.1 Å². The van der Waals surface area contributed by atoms with Crippen molar-refractivity contribution >= 4 is 81.1 Å². The van der Waals surface area contributed by atoms with E-state index in [9.17, 15) is 0 Å². The third kappa shape index (κ3) is 6.09. The molecule has 0 amide bonds. The fourth-order valence-electron chi connectivity index (χ4n) is 9.22. The minimum Gasteiger partial charge on any atom is -0.310 e. The molecule has 3 heteroatoms. The first-order valence-corrected chi connectivity index (χ1v) is 21.6. The molecule has 0 aliphatic rings. The van der Waals surface area contributed by atoms with Crippen LogP contribution in [0, 0.1) is 0 Å². The quantitative estimate of drug-likeness (QED) is 0.156. The topological polar surface area (TPSA) is 8.17 Å². The molecule has 286 valence electrons. The fourth-order valence-corrected chi connectivity index (χ4v) is 10.4. The van der Waals surface area contributed by atoms with Gasteiger partial charge >= 0.3 is 0 Å². The van der Waals surface area contributed by atoms with Gasteiger partial charge in [0.05, 0.1) is 16.7 Å². The van der Waals surface area contributed by atoms with Crippen LogP contribution in [0.2, 0.25) is 0 Å². The number of fused-ring (bicyclic) bond motifs is 7. The van der Waals surface area contributed by atoms with Crippen molar-refractivity contribution in [2.75, 3.05) is 4.90 Å². The average Bonchev–Trinajstić information content (AvgIpc) is 3.87. The van der Waals surface area contributed by atoms with Crippen LogP contribution in [0.1, 0.15) is 0 Å². The molecule has 0 atom stereocenters. The van der Waals surface area contributed by atoms with Crippen LogP contribution >= 0.6 is 11.3 Å². The van der Waals surface area contributed by atoms with Gasteiger partial charge in [-0.2, -0.15) is 0 Å². The Morgan fingerprint density at radius 3 is 1.70 bits per heavy atom. The molecular formula is C58H38N2S. The Morgan fingerprint density at radius 2 is 0.902 bits per heavy atom. The first-order chi connectivity index (χ1) is 30.2. The van der Waals surface area contributed by atoms with Gasteiger partial charge < -0.3 is 9.47 Å². The van der Waals surface area contributed by atoms with Crippen molar-refractivity contribution in [2.45, 2.75) is 0 Å². The molecule has 2 nitrogen and oxygen atoms in total. The number of thiophene rings is 1. The zero-order valence-electron chi connectivity index (χ0n) is 33.2. The highest BCUT2D eigenvalue weighted by Crippen LogP contribution is 2.43. The monoisotopic (exact) mass is 794 g/mol. The number of hydrogen-bond acceptors (Lipinski definition) is 2. The van der Waals surface area contributed by atoms with Crippen molar-refractivity contribution in [3.05, 3.63) is 231 Å². The molecule has 0 spiro atoms. The van der Waals surface area contributed by atoms with Crippen LogP contribution in [-0.2, 0) is 0 Å². The molecule has 0 radical (unpaired) electrons. The molecule has 0 unspecified atom stereocenters. The standard InChI is InChI=1S/C58H38N2S/c1-2-14-46(15-3-1)60-55-20-10-7-17-50(55)53-37-43(29-35-56(53)60)40-24-30-47(31-25-40)59(54-19-9-6-16-49(54)45-23-22-39-12-4-5-13-42(39)36-45)48-32-26-41(27-33-48)44-28-34-52-51-18-8-11-21-57(51)61-58(52)38-44/h1-38H. The summed E-state index contributed by atoms with van der Waals surface area (Å²) in [6.07, 6.45) is 0. The van der Waals surface area contributed by atoms with Crippen molar-refractivity contribution in [2.24, 2.45) is 0 Å². The molecule has 2 heterocycles. The summed E-state index contributed by atoms with van der Waals surface area (Å²) in [5.41, 5.74) is 14.1. The van der Waals surface area contributed by atoms with Gasteiger partial charge in [0.1, 0.15) is 0 Å². The SMILES string of the molecule is c1ccc(-n2c3ccccc3c3cc(-c4ccc(N(c5ccc(-c6ccc7c(c6)sc6ccccc67)cc5)c5ccccc5-c5ccc6ccccc6c5)cc4)ccc32)cc1. The Balaban J connectivity index is 0.960. The van der Waals surface area contributed by atoms with Crippen molar-refractivity contribution in [1.82, 2.24) is 4.57 Å². The number of hydrogen-bond donors (Lipinski definition) is 0. The van der Waals surface area contributed by atoms with Crippen molar-refractivity contribution in [3.63, 3.8) is 0 Å². The van der Waals surface area contributed by atoms with E-state index in [0.717, 1.165) is 17.1 Å². The maximum absolute atomic E-state index is 2.41. The Kier molecular flexibility index (Phi) is 8.39. The molecule has 0 aliphatic carbocycles. The molecule has 0 bridgehead atoms. The van der Waals surface area contributed by atoms with E-state index in [4.69, 9.17) is 0 Å². The van der Waals surface area contributed by atoms with Crippen LogP contribution in [0.15, 0.2) is 231 Å². The minimum atomic E-state index is 1.10. The van der Waals surface area contributed by atoms with E-state index in [1.807, 2.05) is 11.3 Å². The number of anilines is 3. The van der Waals surface area contributed by atoms with E-state index in [-0.39, 0.29) is 0 Å². The summed E-state index contributed by atoms with van der Waals surface area (Å²) in [6.45, 7) is 0. The smallest absolute Gasteiger partial charge is 0.0541 e. The molecular weight excluding hydrogens is 757 g/mol. The molecule has 10 aromatic carbocycles. The average molecular weight is 795 g/mol. The third-order valence-electron chi connectivity index (χ3n) is 12.2. The van der Waals surface area contributed by atoms with Gasteiger partial charge in [-0.1, -0.05) is 152 Å². The van der Waals surface area contributed by atoms with Crippen LogP contribution in [0.4, 0.5) is 17.1 Å². The zero-order valence-corrected chi connectivity index (χ0v) is 34.1. The Labute approximate surface area is 358 Å². The van der Waals surface area contributed by atoms with Crippen LogP contribution in [0.5, 0.6) is 0 Å². The van der Waals surface area contributed by atoms with Gasteiger partial charge in [-0.25, -0.2) is 0 Å². The Bertz CT molecular complexity index is 3580. The first kappa shape index (κ1) is 35.2. The Morgan fingerprint density at radius 1 is 0.328 bits per heavy atom. The molecule has 0 saturated heterocycles. The van der Waals surface area contributed by atoms with E-state index in [2.05, 4.69) is 240 Å². The zero-order chi connectivity index (χ0) is 40.3. The van der Waals surface area contributed by atoms with E-state index in [1.165, 1.54) is 91.8 Å². The maximum Gasteiger partial charge on any atom is 0.0541 e. The number of aromatic nitrogens is 1. The van der Waals surface area contributed by atoms with Crippen LogP contribution in [-0.4, -0.2) is 4.57 Å². The van der Waals surface area contributed by atoms with Gasteiger partial charge in [0.15, 0.2) is 0 Å². The second kappa shape index (κ2) is 14.5. The van der Waals surface area contributed by atoms with Gasteiger partial charge in [-0.15, -0.1) is 11.3 Å². The molecule has 2 aromatic heterocycles. The van der Waals surface area contributed by atoms with Crippen molar-refractivity contribution in [1.29, 1.82) is 0 Å². The molecule has 0 aliphatic heterocycles. The molecule has 12 rings (SSSR count). The predicted octanol–water partition coefficient (Wildman–Crippen LogP) is 16.8. The van der Waals surface area contributed by atoms with Crippen LogP contribution < -0.4 is 4.90 Å². The number of para-hydroxylation sites is 3. The van der Waals surface area contributed by atoms with Gasteiger partial charge in [0.25, 0.3) is 0 Å². The van der Waals surface area contributed by atoms with E-state index in [1.54, 1.807) is 0 Å². The fraction of sp³-hybridized carbons (Fsp3) is 0. The highest BCUT2D eigenvalue weighted by molar-refractivity contribution is 7.25. The number of benzene rings is 10. The second-order valence-electron chi connectivity index (χ2n) is 15.7. The number of rotatable bonds is 7. The molecule has 12 aromatic rings. The lowest BCUT2D eigenvalue weighted by atomic mass is 9.98. The summed E-state index contributed by atoms with van der Waals surface area (Å²) in [7, 11) is 0. The summed E-state index contributed by atoms with van der Waals surface area (Å²) >= 11 is 1.86. The van der Waals surface area contributed by atoms with E-state index < -0.39 is 0 Å². The summed E-state index contributed by atoms with van der Waals surface area (Å²) in [4.78, 5) is 2.41. The summed E-state index contributed by atoms with van der Waals surface area (Å²) in [5.74, 6) is 0. The number of nitrogens with zero attached hydrogens (tertiary/aromatic N) is 2. The molecule has 61 heavy (non-hydrogen) atoms. The highest BCUT2D eigenvalue weighted by atomic mass is 32.1. The van der Waals surface area contributed by atoms with Gasteiger partial charge in [-0.05, 0) is 117 Å². The van der Waals surface area contributed by atoms with Gasteiger partial charge in [0, 0.05) is 53.6 Å². The summed E-state index contributed by atoms with van der Waals surface area (Å²) < 4.78 is 5.01.